The first kappa shape index (κ1) is 13.9. The Balaban J connectivity index is 1.45. The Morgan fingerprint density at radius 1 is 1.36 bits per heavy atom. The summed E-state index contributed by atoms with van der Waals surface area (Å²) in [4.78, 5) is 13.4. The van der Waals surface area contributed by atoms with Crippen LogP contribution < -0.4 is 4.90 Å². The number of hydrogen-bond acceptors (Lipinski definition) is 6. The lowest BCUT2D eigenvalue weighted by Crippen LogP contribution is -2.47. The van der Waals surface area contributed by atoms with E-state index in [1.54, 1.807) is 12.5 Å². The first-order valence-corrected chi connectivity index (χ1v) is 7.99. The minimum Gasteiger partial charge on any atom is -0.373 e. The van der Waals surface area contributed by atoms with Crippen molar-refractivity contribution in [2.24, 2.45) is 5.92 Å². The van der Waals surface area contributed by atoms with Crippen LogP contribution in [-0.4, -0.2) is 71.0 Å². The van der Waals surface area contributed by atoms with Gasteiger partial charge in [-0.3, -0.25) is 5.10 Å². The average molecular weight is 302 g/mol. The average Bonchev–Trinajstić information content (AvgIpc) is 3.19. The van der Waals surface area contributed by atoms with Crippen molar-refractivity contribution in [2.45, 2.75) is 18.9 Å². The first-order valence-electron chi connectivity index (χ1n) is 7.99. The highest BCUT2D eigenvalue weighted by Gasteiger charge is 2.27. The van der Waals surface area contributed by atoms with Crippen molar-refractivity contribution >= 4 is 16.9 Å². The number of nitrogens with one attached hydrogen (secondary N) is 1. The molecule has 1 aliphatic carbocycles. The van der Waals surface area contributed by atoms with Crippen LogP contribution in [0.5, 0.6) is 0 Å². The van der Waals surface area contributed by atoms with Crippen LogP contribution in [0.25, 0.3) is 11.0 Å². The predicted octanol–water partition coefficient (Wildman–Crippen LogP) is 0.900. The van der Waals surface area contributed by atoms with E-state index in [-0.39, 0.29) is 6.10 Å². The van der Waals surface area contributed by atoms with Crippen molar-refractivity contribution in [3.05, 3.63) is 12.5 Å². The zero-order valence-electron chi connectivity index (χ0n) is 12.9. The molecule has 2 aliphatic rings. The molecule has 0 spiro atoms. The topological polar surface area (TPSA) is 70.2 Å². The Labute approximate surface area is 129 Å². The number of likely N-dealkylation sites (N-methyl/N-ethyl adjacent to an activating group) is 1. The Kier molecular flexibility index (Phi) is 3.67. The van der Waals surface area contributed by atoms with Crippen LogP contribution in [-0.2, 0) is 4.74 Å². The lowest BCUT2D eigenvalue weighted by Gasteiger charge is -2.35. The molecule has 7 heteroatoms. The molecule has 22 heavy (non-hydrogen) atoms. The molecule has 1 aliphatic heterocycles. The van der Waals surface area contributed by atoms with Gasteiger partial charge in [0.15, 0.2) is 5.65 Å². The van der Waals surface area contributed by atoms with Gasteiger partial charge in [0.2, 0.25) is 0 Å². The summed E-state index contributed by atoms with van der Waals surface area (Å²) in [7, 11) is 2.19. The van der Waals surface area contributed by atoms with E-state index in [1.165, 1.54) is 19.4 Å². The molecule has 0 radical (unpaired) electrons. The molecular weight excluding hydrogens is 280 g/mol. The number of anilines is 1. The fourth-order valence-electron chi connectivity index (χ4n) is 3.19. The zero-order chi connectivity index (χ0) is 14.9. The summed E-state index contributed by atoms with van der Waals surface area (Å²) in [5, 5.41) is 7.95. The monoisotopic (exact) mass is 302 g/mol. The predicted molar refractivity (Wildman–Crippen MR) is 83.9 cm³/mol. The lowest BCUT2D eigenvalue weighted by atomic mass is 10.2. The molecule has 4 rings (SSSR count). The number of hydrogen-bond donors (Lipinski definition) is 1. The van der Waals surface area contributed by atoms with Crippen LogP contribution >= 0.6 is 0 Å². The summed E-state index contributed by atoms with van der Waals surface area (Å²) < 4.78 is 5.95. The van der Waals surface area contributed by atoms with Gasteiger partial charge in [-0.25, -0.2) is 9.97 Å². The van der Waals surface area contributed by atoms with E-state index in [0.29, 0.717) is 0 Å². The van der Waals surface area contributed by atoms with Gasteiger partial charge in [0.25, 0.3) is 0 Å². The Hall–Kier alpha value is -1.73. The van der Waals surface area contributed by atoms with E-state index < -0.39 is 0 Å². The van der Waals surface area contributed by atoms with Crippen molar-refractivity contribution < 1.29 is 4.74 Å². The lowest BCUT2D eigenvalue weighted by molar-refractivity contribution is 0.0198. The Morgan fingerprint density at radius 2 is 2.27 bits per heavy atom. The summed E-state index contributed by atoms with van der Waals surface area (Å²) >= 11 is 0. The second kappa shape index (κ2) is 5.81. The quantitative estimate of drug-likeness (QED) is 0.885. The van der Waals surface area contributed by atoms with Gasteiger partial charge in [0.1, 0.15) is 12.1 Å². The van der Waals surface area contributed by atoms with Crippen LogP contribution in [0.4, 0.5) is 5.82 Å². The number of nitrogens with zero attached hydrogens (tertiary/aromatic N) is 5. The van der Waals surface area contributed by atoms with Crippen LogP contribution in [0, 0.1) is 5.92 Å². The second-order valence-corrected chi connectivity index (χ2v) is 6.43. The van der Waals surface area contributed by atoms with E-state index in [2.05, 4.69) is 37.0 Å². The van der Waals surface area contributed by atoms with Crippen LogP contribution in [0.2, 0.25) is 0 Å². The van der Waals surface area contributed by atoms with Gasteiger partial charge in [-0.15, -0.1) is 0 Å². The van der Waals surface area contributed by atoms with Gasteiger partial charge < -0.3 is 14.5 Å². The molecule has 118 valence electrons. The zero-order valence-corrected chi connectivity index (χ0v) is 12.9. The molecule has 0 aromatic carbocycles. The maximum Gasteiger partial charge on any atom is 0.160 e. The van der Waals surface area contributed by atoms with Gasteiger partial charge >= 0.3 is 0 Å². The van der Waals surface area contributed by atoms with E-state index in [4.69, 9.17) is 4.74 Å². The third-order valence-corrected chi connectivity index (χ3v) is 4.45. The molecule has 1 N–H and O–H groups in total. The van der Waals surface area contributed by atoms with Crippen molar-refractivity contribution in [3.8, 4) is 0 Å². The highest BCUT2D eigenvalue weighted by molar-refractivity contribution is 5.86. The highest BCUT2D eigenvalue weighted by Crippen LogP contribution is 2.29. The van der Waals surface area contributed by atoms with Crippen molar-refractivity contribution in [1.29, 1.82) is 0 Å². The Morgan fingerprint density at radius 3 is 3.14 bits per heavy atom. The number of rotatable bonds is 5. The fourth-order valence-corrected chi connectivity index (χ4v) is 3.19. The molecule has 2 aromatic rings. The van der Waals surface area contributed by atoms with Gasteiger partial charge in [-0.1, -0.05) is 0 Å². The molecule has 1 saturated carbocycles. The minimum atomic E-state index is 0.231. The van der Waals surface area contributed by atoms with Crippen molar-refractivity contribution in [1.82, 2.24) is 25.1 Å². The van der Waals surface area contributed by atoms with Crippen LogP contribution in [0.1, 0.15) is 12.8 Å². The fraction of sp³-hybridized carbons (Fsp3) is 0.667. The first-order chi connectivity index (χ1) is 10.8. The summed E-state index contributed by atoms with van der Waals surface area (Å²) in [5.74, 6) is 1.87. The summed E-state index contributed by atoms with van der Waals surface area (Å²) in [5.41, 5.74) is 0.791. The highest BCUT2D eigenvalue weighted by atomic mass is 16.5. The smallest absolute Gasteiger partial charge is 0.160 e. The normalized spacial score (nSPS) is 22.6. The molecule has 1 atom stereocenters. The van der Waals surface area contributed by atoms with Gasteiger partial charge in [-0.2, -0.15) is 5.10 Å². The minimum absolute atomic E-state index is 0.231. The van der Waals surface area contributed by atoms with Crippen LogP contribution in [0.15, 0.2) is 12.5 Å². The number of fused-ring (bicyclic) bond motifs is 1. The summed E-state index contributed by atoms with van der Waals surface area (Å²) in [6.07, 6.45) is 6.41. The molecule has 3 heterocycles. The number of morpholine rings is 1. The van der Waals surface area contributed by atoms with Crippen LogP contribution in [0.3, 0.4) is 0 Å². The molecule has 2 aromatic heterocycles. The molecule has 7 nitrogen and oxygen atoms in total. The maximum absolute atomic E-state index is 5.95. The third kappa shape index (κ3) is 2.91. The van der Waals surface area contributed by atoms with E-state index in [0.717, 1.165) is 49.0 Å². The van der Waals surface area contributed by atoms with E-state index in [9.17, 15) is 0 Å². The van der Waals surface area contributed by atoms with Gasteiger partial charge in [-0.05, 0) is 25.8 Å². The van der Waals surface area contributed by atoms with Gasteiger partial charge in [0, 0.05) is 26.2 Å². The summed E-state index contributed by atoms with van der Waals surface area (Å²) in [6, 6.07) is 0. The standard InChI is InChI=1S/C15H22N6O/c1-20(7-11-2-3-11)8-12-9-21(4-5-22-12)15-13-6-18-19-14(13)16-10-17-15/h6,10-12H,2-5,7-9H2,1H3,(H,16,17,18,19). The van der Waals surface area contributed by atoms with Crippen molar-refractivity contribution in [2.75, 3.05) is 44.7 Å². The molecular formula is C15H22N6O. The van der Waals surface area contributed by atoms with Crippen molar-refractivity contribution in [3.63, 3.8) is 0 Å². The number of ether oxygens (including phenoxy) is 1. The SMILES string of the molecule is CN(CC1CC1)CC1CN(c2ncnc3[nH]ncc23)CCO1. The van der Waals surface area contributed by atoms with Gasteiger partial charge in [0.05, 0.1) is 24.3 Å². The molecule has 0 bridgehead atoms. The molecule has 0 amide bonds. The molecule has 1 saturated heterocycles. The largest absolute Gasteiger partial charge is 0.373 e. The third-order valence-electron chi connectivity index (χ3n) is 4.45. The number of aromatic nitrogens is 4. The Bertz CT molecular complexity index is 640. The maximum atomic E-state index is 5.95. The number of H-pyrrole nitrogens is 1. The number of aromatic amines is 1. The van der Waals surface area contributed by atoms with E-state index >= 15 is 0 Å². The summed E-state index contributed by atoms with van der Waals surface area (Å²) in [6.45, 7) is 4.64. The molecule has 2 fully saturated rings. The van der Waals surface area contributed by atoms with E-state index in [1.807, 2.05) is 0 Å². The second-order valence-electron chi connectivity index (χ2n) is 6.43. The molecule has 1 unspecified atom stereocenters.